The van der Waals surface area contributed by atoms with Crippen LogP contribution in [0.15, 0.2) is 40.4 Å². The van der Waals surface area contributed by atoms with E-state index in [2.05, 4.69) is 4.98 Å². The van der Waals surface area contributed by atoms with Crippen molar-refractivity contribution in [2.45, 2.75) is 13.5 Å². The van der Waals surface area contributed by atoms with Crippen LogP contribution in [0.4, 0.5) is 0 Å². The van der Waals surface area contributed by atoms with Crippen molar-refractivity contribution >= 4 is 28.6 Å². The molecule has 0 saturated heterocycles. The Bertz CT molecular complexity index is 794. The Hall–Kier alpha value is -2.18. The fourth-order valence-electron chi connectivity index (χ4n) is 1.93. The Kier molecular flexibility index (Phi) is 4.22. The molecule has 2 heterocycles. The number of phenolic OH excluding ortho intramolecular Hbond substituents is 1. The smallest absolute Gasteiger partial charge is 0.342 e. The number of aromatic hydroxyl groups is 1. The molecule has 0 aliphatic carbocycles. The van der Waals surface area contributed by atoms with Crippen LogP contribution < -0.4 is 0 Å². The number of rotatable bonds is 4. The first-order valence-electron chi connectivity index (χ1n) is 6.58. The van der Waals surface area contributed by atoms with Gasteiger partial charge in [-0.25, -0.2) is 9.78 Å². The highest BCUT2D eigenvalue weighted by Crippen LogP contribution is 2.26. The molecule has 3 aromatic rings. The molecule has 0 saturated carbocycles. The number of aromatic nitrogens is 1. The van der Waals surface area contributed by atoms with Crippen molar-refractivity contribution < 1.29 is 14.6 Å². The van der Waals surface area contributed by atoms with Gasteiger partial charge in [0, 0.05) is 16.3 Å². The minimum atomic E-state index is -0.550. The first-order chi connectivity index (χ1) is 10.6. The van der Waals surface area contributed by atoms with Crippen molar-refractivity contribution in [3.63, 3.8) is 0 Å². The highest BCUT2D eigenvalue weighted by molar-refractivity contribution is 7.14. The number of para-hydroxylation sites is 1. The summed E-state index contributed by atoms with van der Waals surface area (Å²) in [5.41, 5.74) is 2.59. The van der Waals surface area contributed by atoms with Gasteiger partial charge in [-0.05, 0) is 30.0 Å². The monoisotopic (exact) mass is 331 g/mol. The van der Waals surface area contributed by atoms with Gasteiger partial charge >= 0.3 is 5.97 Å². The molecule has 112 valence electrons. The Morgan fingerprint density at radius 2 is 2.18 bits per heavy atom. The summed E-state index contributed by atoms with van der Waals surface area (Å²) in [7, 11) is 0. The van der Waals surface area contributed by atoms with Crippen LogP contribution in [0.5, 0.6) is 5.75 Å². The second kappa shape index (κ2) is 6.29. The third-order valence-electron chi connectivity index (χ3n) is 3.13. The standard InChI is InChI=1S/C16H13NO3S2/c1-10-3-2-4-13(14(10)18)16(19)20-7-12-9-22-15(17-12)11-5-6-21-8-11/h2-6,8-9,18H,7H2,1H3. The minimum absolute atomic E-state index is 0.0373. The van der Waals surface area contributed by atoms with E-state index in [-0.39, 0.29) is 17.9 Å². The molecule has 6 heteroatoms. The molecule has 4 nitrogen and oxygen atoms in total. The molecule has 0 amide bonds. The van der Waals surface area contributed by atoms with E-state index in [0.717, 1.165) is 10.6 Å². The molecule has 0 bridgehead atoms. The second-order valence-electron chi connectivity index (χ2n) is 4.70. The maximum Gasteiger partial charge on any atom is 0.342 e. The van der Waals surface area contributed by atoms with Crippen LogP contribution in [0.25, 0.3) is 10.6 Å². The zero-order valence-corrected chi connectivity index (χ0v) is 13.4. The fraction of sp³-hybridized carbons (Fsp3) is 0.125. The van der Waals surface area contributed by atoms with Crippen LogP contribution in [0, 0.1) is 6.92 Å². The van der Waals surface area contributed by atoms with Crippen LogP contribution in [0.3, 0.4) is 0 Å². The van der Waals surface area contributed by atoms with E-state index in [1.54, 1.807) is 36.5 Å². The molecule has 0 unspecified atom stereocenters. The molecule has 0 radical (unpaired) electrons. The molecule has 3 rings (SSSR count). The van der Waals surface area contributed by atoms with Gasteiger partial charge in [-0.1, -0.05) is 12.1 Å². The van der Waals surface area contributed by atoms with Gasteiger partial charge in [0.1, 0.15) is 22.9 Å². The van der Waals surface area contributed by atoms with Crippen LogP contribution in [0.1, 0.15) is 21.6 Å². The summed E-state index contributed by atoms with van der Waals surface area (Å²) in [4.78, 5) is 16.5. The highest BCUT2D eigenvalue weighted by atomic mass is 32.1. The number of benzene rings is 1. The lowest BCUT2D eigenvalue weighted by atomic mass is 10.1. The van der Waals surface area contributed by atoms with E-state index in [1.165, 1.54) is 11.3 Å². The highest BCUT2D eigenvalue weighted by Gasteiger charge is 2.15. The Morgan fingerprint density at radius 3 is 2.95 bits per heavy atom. The zero-order chi connectivity index (χ0) is 15.5. The summed E-state index contributed by atoms with van der Waals surface area (Å²) in [6.45, 7) is 1.83. The minimum Gasteiger partial charge on any atom is -0.507 e. The van der Waals surface area contributed by atoms with Crippen LogP contribution in [-0.4, -0.2) is 16.1 Å². The van der Waals surface area contributed by atoms with Gasteiger partial charge < -0.3 is 9.84 Å². The molecule has 2 aromatic heterocycles. The molecule has 1 N–H and O–H groups in total. The number of phenols is 1. The largest absolute Gasteiger partial charge is 0.507 e. The molecule has 0 spiro atoms. The summed E-state index contributed by atoms with van der Waals surface area (Å²) in [5.74, 6) is -0.587. The van der Waals surface area contributed by atoms with Crippen molar-refractivity contribution in [2.24, 2.45) is 0 Å². The number of hydrogen-bond acceptors (Lipinski definition) is 6. The first kappa shape index (κ1) is 14.7. The van der Waals surface area contributed by atoms with E-state index in [9.17, 15) is 9.90 Å². The van der Waals surface area contributed by atoms with Gasteiger partial charge in [0.15, 0.2) is 0 Å². The topological polar surface area (TPSA) is 59.4 Å². The molecule has 0 aliphatic rings. The van der Waals surface area contributed by atoms with E-state index in [0.29, 0.717) is 11.3 Å². The van der Waals surface area contributed by atoms with Crippen LogP contribution in [0.2, 0.25) is 0 Å². The average Bonchev–Trinajstić information content (AvgIpc) is 3.18. The number of carbonyl (C=O) groups is 1. The normalized spacial score (nSPS) is 10.6. The maximum atomic E-state index is 12.0. The predicted octanol–water partition coefficient (Wildman–Crippen LogP) is 4.24. The number of nitrogens with zero attached hydrogens (tertiary/aromatic N) is 1. The van der Waals surface area contributed by atoms with Crippen molar-refractivity contribution in [2.75, 3.05) is 0 Å². The van der Waals surface area contributed by atoms with Crippen molar-refractivity contribution in [3.05, 3.63) is 57.2 Å². The molecule has 0 fully saturated rings. The zero-order valence-electron chi connectivity index (χ0n) is 11.8. The quantitative estimate of drug-likeness (QED) is 0.726. The average molecular weight is 331 g/mol. The van der Waals surface area contributed by atoms with Gasteiger partial charge in [-0.2, -0.15) is 11.3 Å². The summed E-state index contributed by atoms with van der Waals surface area (Å²) >= 11 is 3.13. The molecular weight excluding hydrogens is 318 g/mol. The first-order valence-corrected chi connectivity index (χ1v) is 8.40. The van der Waals surface area contributed by atoms with E-state index in [4.69, 9.17) is 4.74 Å². The van der Waals surface area contributed by atoms with Gasteiger partial charge in [-0.15, -0.1) is 11.3 Å². The molecule has 22 heavy (non-hydrogen) atoms. The number of hydrogen-bond donors (Lipinski definition) is 1. The molecular formula is C16H13NO3S2. The van der Waals surface area contributed by atoms with Crippen molar-refractivity contribution in [3.8, 4) is 16.3 Å². The second-order valence-corrected chi connectivity index (χ2v) is 6.34. The van der Waals surface area contributed by atoms with Crippen LogP contribution in [-0.2, 0) is 11.3 Å². The van der Waals surface area contributed by atoms with E-state index < -0.39 is 5.97 Å². The molecule has 0 aliphatic heterocycles. The fourth-order valence-corrected chi connectivity index (χ4v) is 3.45. The molecule has 1 aromatic carbocycles. The predicted molar refractivity (Wildman–Crippen MR) is 87.4 cm³/mol. The van der Waals surface area contributed by atoms with Crippen LogP contribution >= 0.6 is 22.7 Å². The Balaban J connectivity index is 1.68. The summed E-state index contributed by atoms with van der Waals surface area (Å²) in [6, 6.07) is 7.00. The number of aryl methyl sites for hydroxylation is 1. The number of thiazole rings is 1. The number of ether oxygens (including phenoxy) is 1. The van der Waals surface area contributed by atoms with Crippen molar-refractivity contribution in [1.82, 2.24) is 4.98 Å². The van der Waals surface area contributed by atoms with E-state index in [1.807, 2.05) is 22.2 Å². The maximum absolute atomic E-state index is 12.0. The molecule has 0 atom stereocenters. The van der Waals surface area contributed by atoms with Gasteiger partial charge in [0.25, 0.3) is 0 Å². The lowest BCUT2D eigenvalue weighted by Gasteiger charge is -2.06. The lowest BCUT2D eigenvalue weighted by Crippen LogP contribution is -2.06. The van der Waals surface area contributed by atoms with Gasteiger partial charge in [0.2, 0.25) is 0 Å². The van der Waals surface area contributed by atoms with Gasteiger partial charge in [-0.3, -0.25) is 0 Å². The Morgan fingerprint density at radius 1 is 1.32 bits per heavy atom. The van der Waals surface area contributed by atoms with E-state index >= 15 is 0 Å². The summed E-state index contributed by atoms with van der Waals surface area (Å²) in [6.07, 6.45) is 0. The lowest BCUT2D eigenvalue weighted by molar-refractivity contribution is 0.0465. The third-order valence-corrected chi connectivity index (χ3v) is 4.75. The van der Waals surface area contributed by atoms with Gasteiger partial charge in [0.05, 0.1) is 5.69 Å². The summed E-state index contributed by atoms with van der Waals surface area (Å²) in [5, 5.41) is 16.7. The third kappa shape index (κ3) is 3.03. The Labute approximate surface area is 135 Å². The number of esters is 1. The van der Waals surface area contributed by atoms with Crippen molar-refractivity contribution in [1.29, 1.82) is 0 Å². The number of thiophene rings is 1. The summed E-state index contributed by atoms with van der Waals surface area (Å²) < 4.78 is 5.23. The SMILES string of the molecule is Cc1cccc(C(=O)OCc2csc(-c3ccsc3)n2)c1O. The number of carbonyl (C=O) groups excluding carboxylic acids is 1.